The van der Waals surface area contributed by atoms with Gasteiger partial charge in [-0.25, -0.2) is 0 Å². The van der Waals surface area contributed by atoms with E-state index in [1.165, 1.54) is 0 Å². The van der Waals surface area contributed by atoms with Gasteiger partial charge in [-0.1, -0.05) is 38.2 Å². The van der Waals surface area contributed by atoms with Gasteiger partial charge >= 0.3 is 5.97 Å². The van der Waals surface area contributed by atoms with Crippen molar-refractivity contribution < 1.29 is 24.5 Å². The number of ether oxygens (including phenoxy) is 1. The third-order valence-electron chi connectivity index (χ3n) is 4.99. The van der Waals surface area contributed by atoms with Gasteiger partial charge in [0.1, 0.15) is 5.78 Å². The molecule has 0 radical (unpaired) electrons. The Balaban J connectivity index is 2.52. The number of rotatable bonds is 12. The van der Waals surface area contributed by atoms with Crippen LogP contribution in [0.5, 0.6) is 0 Å². The molecular weight excluding hydrogens is 332 g/mol. The third kappa shape index (κ3) is 7.83. The minimum Gasteiger partial charge on any atom is -0.481 e. The van der Waals surface area contributed by atoms with Crippen LogP contribution in [-0.4, -0.2) is 41.3 Å². The molecule has 0 heterocycles. The van der Waals surface area contributed by atoms with Crippen LogP contribution in [0.15, 0.2) is 24.3 Å². The largest absolute Gasteiger partial charge is 0.481 e. The summed E-state index contributed by atoms with van der Waals surface area (Å²) in [5.41, 5.74) is -0.366. The molecule has 0 aromatic heterocycles. The molecule has 1 rings (SSSR count). The first-order chi connectivity index (χ1) is 12.3. The Morgan fingerprint density at radius 2 is 2.12 bits per heavy atom. The first kappa shape index (κ1) is 22.6. The third-order valence-corrected chi connectivity index (χ3v) is 4.99. The summed E-state index contributed by atoms with van der Waals surface area (Å²) in [5.74, 6) is -0.383. The highest BCUT2D eigenvalue weighted by atomic mass is 16.5. The fraction of sp³-hybridized carbons (Fsp3) is 0.714. The Kier molecular flexibility index (Phi) is 9.81. The first-order valence-corrected chi connectivity index (χ1v) is 9.61. The number of carbonyl (C=O) groups excluding carboxylic acids is 1. The van der Waals surface area contributed by atoms with Crippen molar-refractivity contribution in [2.45, 2.75) is 65.4 Å². The monoisotopic (exact) mass is 366 g/mol. The molecule has 0 aromatic rings. The number of carboxylic acid groups (broad SMARTS) is 1. The highest BCUT2D eigenvalue weighted by Crippen LogP contribution is 2.33. The maximum Gasteiger partial charge on any atom is 0.303 e. The number of aliphatic hydroxyl groups is 1. The normalized spacial score (nSPS) is 22.5. The number of hydrogen-bond donors (Lipinski definition) is 2. The highest BCUT2D eigenvalue weighted by Gasteiger charge is 2.33. The molecule has 1 aliphatic carbocycles. The fourth-order valence-corrected chi connectivity index (χ4v) is 3.16. The minimum absolute atomic E-state index is 0.0378. The van der Waals surface area contributed by atoms with Crippen molar-refractivity contribution in [3.8, 4) is 0 Å². The number of aliphatic carboxylic acids is 1. The van der Waals surface area contributed by atoms with E-state index in [0.29, 0.717) is 32.5 Å². The molecule has 3 unspecified atom stereocenters. The molecule has 0 saturated heterocycles. The zero-order chi connectivity index (χ0) is 19.6. The average Bonchev–Trinajstić information content (AvgIpc) is 2.93. The van der Waals surface area contributed by atoms with Crippen LogP contribution >= 0.6 is 0 Å². The van der Waals surface area contributed by atoms with E-state index >= 15 is 0 Å². The lowest BCUT2D eigenvalue weighted by Crippen LogP contribution is -2.32. The summed E-state index contributed by atoms with van der Waals surface area (Å²) in [7, 11) is 0. The maximum atomic E-state index is 12.1. The van der Waals surface area contributed by atoms with Gasteiger partial charge in [-0.05, 0) is 38.5 Å². The van der Waals surface area contributed by atoms with Crippen molar-refractivity contribution in [1.29, 1.82) is 0 Å². The molecule has 3 atom stereocenters. The Hall–Kier alpha value is -1.46. The molecular formula is C21H34O5. The Morgan fingerprint density at radius 3 is 2.77 bits per heavy atom. The molecule has 0 amide bonds. The lowest BCUT2D eigenvalue weighted by atomic mass is 9.85. The standard InChI is InChI=1S/C21H34O5/c1-4-26-15-21(2,3)19(23)14-12-16-11-13-18(22)17(16)9-7-5-6-8-10-20(24)25/h5,7,12,14,16-17,19,23H,4,6,8-11,13,15H2,1-3H3,(H,24,25)/b7-5-,14-12+. The molecule has 0 aromatic carbocycles. The molecule has 2 N–H and O–H groups in total. The van der Waals surface area contributed by atoms with E-state index in [4.69, 9.17) is 9.84 Å². The summed E-state index contributed by atoms with van der Waals surface area (Å²) in [5, 5.41) is 19.0. The van der Waals surface area contributed by atoms with Crippen LogP contribution in [0.25, 0.3) is 0 Å². The minimum atomic E-state index is -0.777. The van der Waals surface area contributed by atoms with Crippen LogP contribution in [0.2, 0.25) is 0 Å². The highest BCUT2D eigenvalue weighted by molar-refractivity contribution is 5.83. The molecule has 0 spiro atoms. The molecule has 0 bridgehead atoms. The number of allylic oxidation sites excluding steroid dienone is 3. The van der Waals surface area contributed by atoms with E-state index in [-0.39, 0.29) is 29.5 Å². The first-order valence-electron chi connectivity index (χ1n) is 9.61. The fourth-order valence-electron chi connectivity index (χ4n) is 3.16. The van der Waals surface area contributed by atoms with Crippen molar-refractivity contribution in [2.24, 2.45) is 17.3 Å². The van der Waals surface area contributed by atoms with Gasteiger partial charge < -0.3 is 14.9 Å². The molecule has 5 nitrogen and oxygen atoms in total. The second-order valence-electron chi connectivity index (χ2n) is 7.72. The van der Waals surface area contributed by atoms with E-state index in [1.54, 1.807) is 0 Å². The molecule has 148 valence electrons. The van der Waals surface area contributed by atoms with Gasteiger partial charge in [0, 0.05) is 30.8 Å². The summed E-state index contributed by atoms with van der Waals surface area (Å²) in [4.78, 5) is 22.6. The summed E-state index contributed by atoms with van der Waals surface area (Å²) in [6.45, 7) is 6.98. The molecule has 1 fully saturated rings. The van der Waals surface area contributed by atoms with E-state index in [9.17, 15) is 14.7 Å². The van der Waals surface area contributed by atoms with Crippen LogP contribution in [0.1, 0.15) is 59.3 Å². The number of carboxylic acids is 1. The van der Waals surface area contributed by atoms with Gasteiger partial charge in [-0.2, -0.15) is 0 Å². The number of aliphatic hydroxyl groups excluding tert-OH is 1. The predicted molar refractivity (Wildman–Crippen MR) is 102 cm³/mol. The van der Waals surface area contributed by atoms with Gasteiger partial charge in [0.25, 0.3) is 0 Å². The molecule has 1 aliphatic rings. The Labute approximate surface area is 157 Å². The summed E-state index contributed by atoms with van der Waals surface area (Å²) in [6, 6.07) is 0. The average molecular weight is 366 g/mol. The van der Waals surface area contributed by atoms with Crippen molar-refractivity contribution in [1.82, 2.24) is 0 Å². The predicted octanol–water partition coefficient (Wildman–Crippen LogP) is 3.76. The van der Waals surface area contributed by atoms with Gasteiger partial charge in [0.15, 0.2) is 0 Å². The van der Waals surface area contributed by atoms with Crippen molar-refractivity contribution >= 4 is 11.8 Å². The summed E-state index contributed by atoms with van der Waals surface area (Å²) >= 11 is 0. The SMILES string of the molecule is CCOCC(C)(C)C(O)/C=C/C1CCC(=O)C1C/C=C\CCCC(=O)O. The van der Waals surface area contributed by atoms with Crippen LogP contribution in [-0.2, 0) is 14.3 Å². The van der Waals surface area contributed by atoms with Crippen LogP contribution in [0, 0.1) is 17.3 Å². The summed E-state index contributed by atoms with van der Waals surface area (Å²) < 4.78 is 5.44. The van der Waals surface area contributed by atoms with Gasteiger partial charge in [0.2, 0.25) is 0 Å². The van der Waals surface area contributed by atoms with Gasteiger partial charge in [0.05, 0.1) is 12.7 Å². The van der Waals surface area contributed by atoms with Gasteiger partial charge in [-0.15, -0.1) is 0 Å². The Bertz CT molecular complexity index is 507. The molecule has 1 saturated carbocycles. The van der Waals surface area contributed by atoms with E-state index < -0.39 is 12.1 Å². The van der Waals surface area contributed by atoms with Gasteiger partial charge in [-0.3, -0.25) is 9.59 Å². The topological polar surface area (TPSA) is 83.8 Å². The summed E-state index contributed by atoms with van der Waals surface area (Å²) in [6.07, 6.45) is 10.8. The maximum absolute atomic E-state index is 12.1. The van der Waals surface area contributed by atoms with E-state index in [1.807, 2.05) is 45.1 Å². The number of carbonyl (C=O) groups is 2. The zero-order valence-corrected chi connectivity index (χ0v) is 16.3. The smallest absolute Gasteiger partial charge is 0.303 e. The quantitative estimate of drug-likeness (QED) is 0.406. The van der Waals surface area contributed by atoms with Crippen molar-refractivity contribution in [3.63, 3.8) is 0 Å². The van der Waals surface area contributed by atoms with Crippen LogP contribution in [0.4, 0.5) is 0 Å². The molecule has 5 heteroatoms. The second-order valence-corrected chi connectivity index (χ2v) is 7.72. The number of unbranched alkanes of at least 4 members (excludes halogenated alkanes) is 1. The van der Waals surface area contributed by atoms with Crippen LogP contribution < -0.4 is 0 Å². The number of hydrogen-bond acceptors (Lipinski definition) is 4. The molecule has 0 aliphatic heterocycles. The Morgan fingerprint density at radius 1 is 1.38 bits per heavy atom. The van der Waals surface area contributed by atoms with Crippen molar-refractivity contribution in [2.75, 3.05) is 13.2 Å². The lowest BCUT2D eigenvalue weighted by Gasteiger charge is -2.28. The zero-order valence-electron chi connectivity index (χ0n) is 16.3. The number of Topliss-reactive ketones (excluding diaryl/α,β-unsaturated/α-hetero) is 1. The molecule has 26 heavy (non-hydrogen) atoms. The second kappa shape index (κ2) is 11.3. The lowest BCUT2D eigenvalue weighted by molar-refractivity contribution is -0.137. The number of ketones is 1. The van der Waals surface area contributed by atoms with Crippen LogP contribution in [0.3, 0.4) is 0 Å². The van der Waals surface area contributed by atoms with E-state index in [2.05, 4.69) is 0 Å². The van der Waals surface area contributed by atoms with Crippen molar-refractivity contribution in [3.05, 3.63) is 24.3 Å². The van der Waals surface area contributed by atoms with E-state index in [0.717, 1.165) is 12.8 Å².